The molecule has 0 atom stereocenters. The molecule has 2 aliphatic rings. The van der Waals surface area contributed by atoms with Crippen molar-refractivity contribution in [2.75, 3.05) is 44.6 Å². The summed E-state index contributed by atoms with van der Waals surface area (Å²) >= 11 is 0. The standard InChI is InChI=1S/C16H23N5O3S/c1-3-17-16(22)21-8-6-20(7-9-21)11-15-18-13-5-4-12(2)10-14(13)25(23,24)19-15/h4-5,10H,3,6-9,11H2,1-2H3,(H,17,22)(H,18,19). The summed E-state index contributed by atoms with van der Waals surface area (Å²) in [6.07, 6.45) is 0. The molecule has 0 radical (unpaired) electrons. The van der Waals surface area contributed by atoms with Crippen molar-refractivity contribution in [2.24, 2.45) is 4.40 Å². The number of sulfonamides is 1. The Morgan fingerprint density at radius 1 is 1.28 bits per heavy atom. The van der Waals surface area contributed by atoms with E-state index in [4.69, 9.17) is 0 Å². The van der Waals surface area contributed by atoms with Crippen molar-refractivity contribution >= 4 is 27.6 Å². The molecule has 25 heavy (non-hydrogen) atoms. The molecular weight excluding hydrogens is 342 g/mol. The van der Waals surface area contributed by atoms with Gasteiger partial charge in [0, 0.05) is 32.7 Å². The van der Waals surface area contributed by atoms with Crippen LogP contribution in [0.5, 0.6) is 0 Å². The quantitative estimate of drug-likeness (QED) is 0.828. The van der Waals surface area contributed by atoms with Crippen LogP contribution in [0.15, 0.2) is 27.5 Å². The number of aryl methyl sites for hydroxylation is 1. The van der Waals surface area contributed by atoms with Crippen LogP contribution in [0.1, 0.15) is 12.5 Å². The maximum Gasteiger partial charge on any atom is 0.317 e. The Kier molecular flexibility index (Phi) is 4.96. The second-order valence-corrected chi connectivity index (χ2v) is 7.81. The van der Waals surface area contributed by atoms with Gasteiger partial charge in [-0.05, 0) is 31.5 Å². The molecule has 0 aliphatic carbocycles. The lowest BCUT2D eigenvalue weighted by Gasteiger charge is -2.35. The number of nitrogens with zero attached hydrogens (tertiary/aromatic N) is 3. The molecule has 2 N–H and O–H groups in total. The molecule has 2 heterocycles. The van der Waals surface area contributed by atoms with Crippen molar-refractivity contribution in [3.05, 3.63) is 23.8 Å². The van der Waals surface area contributed by atoms with Gasteiger partial charge in [-0.1, -0.05) is 6.07 Å². The lowest BCUT2D eigenvalue weighted by atomic mass is 10.2. The zero-order valence-electron chi connectivity index (χ0n) is 14.4. The molecule has 1 aromatic rings. The number of hydrogen-bond acceptors (Lipinski definition) is 5. The summed E-state index contributed by atoms with van der Waals surface area (Å²) in [4.78, 5) is 15.9. The molecular formula is C16H23N5O3S. The lowest BCUT2D eigenvalue weighted by Crippen LogP contribution is -2.53. The predicted octanol–water partition coefficient (Wildman–Crippen LogP) is 0.855. The van der Waals surface area contributed by atoms with Crippen LogP contribution in [0.25, 0.3) is 0 Å². The molecule has 0 saturated carbocycles. The fraction of sp³-hybridized carbons (Fsp3) is 0.500. The van der Waals surface area contributed by atoms with E-state index < -0.39 is 10.0 Å². The van der Waals surface area contributed by atoms with Gasteiger partial charge in [-0.3, -0.25) is 4.90 Å². The van der Waals surface area contributed by atoms with Crippen molar-refractivity contribution in [2.45, 2.75) is 18.7 Å². The van der Waals surface area contributed by atoms with Crippen LogP contribution >= 0.6 is 0 Å². The average molecular weight is 365 g/mol. The predicted molar refractivity (Wildman–Crippen MR) is 96.5 cm³/mol. The topological polar surface area (TPSA) is 94.1 Å². The second kappa shape index (κ2) is 7.01. The zero-order chi connectivity index (χ0) is 18.0. The first-order valence-corrected chi connectivity index (χ1v) is 9.79. The SMILES string of the molecule is CCNC(=O)N1CCN(CC2=NS(=O)(=O)c3cc(C)ccc3N2)CC1. The third-order valence-corrected chi connectivity index (χ3v) is 5.64. The van der Waals surface area contributed by atoms with Crippen LogP contribution in [0.2, 0.25) is 0 Å². The molecule has 9 heteroatoms. The van der Waals surface area contributed by atoms with Crippen LogP contribution in [0, 0.1) is 6.92 Å². The summed E-state index contributed by atoms with van der Waals surface area (Å²) < 4.78 is 28.7. The van der Waals surface area contributed by atoms with Crippen molar-refractivity contribution in [1.82, 2.24) is 15.1 Å². The minimum absolute atomic E-state index is 0.0536. The number of amidine groups is 1. The first kappa shape index (κ1) is 17.7. The van der Waals surface area contributed by atoms with Crippen molar-refractivity contribution < 1.29 is 13.2 Å². The summed E-state index contributed by atoms with van der Waals surface area (Å²) in [7, 11) is -3.67. The first-order valence-electron chi connectivity index (χ1n) is 8.35. The summed E-state index contributed by atoms with van der Waals surface area (Å²) in [5.41, 5.74) is 1.45. The van der Waals surface area contributed by atoms with Gasteiger partial charge in [0.25, 0.3) is 10.0 Å². The van der Waals surface area contributed by atoms with Gasteiger partial charge in [-0.15, -0.1) is 4.40 Å². The summed E-state index contributed by atoms with van der Waals surface area (Å²) in [5.74, 6) is 0.419. The van der Waals surface area contributed by atoms with Crippen molar-refractivity contribution in [3.8, 4) is 0 Å². The van der Waals surface area contributed by atoms with Crippen LogP contribution in [-0.4, -0.2) is 69.4 Å². The zero-order valence-corrected chi connectivity index (χ0v) is 15.3. The molecule has 136 valence electrons. The molecule has 0 bridgehead atoms. The summed E-state index contributed by atoms with van der Waals surface area (Å²) in [6, 6.07) is 5.21. The maximum atomic E-state index is 12.4. The molecule has 0 unspecified atom stereocenters. The summed E-state index contributed by atoms with van der Waals surface area (Å²) in [5, 5.41) is 5.91. The largest absolute Gasteiger partial charge is 0.341 e. The monoisotopic (exact) mass is 365 g/mol. The highest BCUT2D eigenvalue weighted by Crippen LogP contribution is 2.28. The Morgan fingerprint density at radius 3 is 2.68 bits per heavy atom. The van der Waals surface area contributed by atoms with Gasteiger partial charge in [-0.2, -0.15) is 8.42 Å². The molecule has 2 amide bonds. The molecule has 1 fully saturated rings. The third-order valence-electron chi connectivity index (χ3n) is 4.29. The Morgan fingerprint density at radius 2 is 2.00 bits per heavy atom. The highest BCUT2D eigenvalue weighted by molar-refractivity contribution is 7.90. The van der Waals surface area contributed by atoms with Crippen LogP contribution in [0.4, 0.5) is 10.5 Å². The second-order valence-electron chi connectivity index (χ2n) is 6.24. The maximum absolute atomic E-state index is 12.4. The van der Waals surface area contributed by atoms with Gasteiger partial charge in [0.15, 0.2) is 0 Å². The molecule has 8 nitrogen and oxygen atoms in total. The van der Waals surface area contributed by atoms with E-state index in [1.54, 1.807) is 17.0 Å². The smallest absolute Gasteiger partial charge is 0.317 e. The molecule has 3 rings (SSSR count). The molecule has 0 aromatic heterocycles. The van der Waals surface area contributed by atoms with Gasteiger partial charge < -0.3 is 15.5 Å². The molecule has 1 saturated heterocycles. The van der Waals surface area contributed by atoms with Gasteiger partial charge in [-0.25, -0.2) is 4.79 Å². The number of anilines is 1. The number of nitrogens with one attached hydrogen (secondary N) is 2. The van der Waals surface area contributed by atoms with Gasteiger partial charge >= 0.3 is 6.03 Å². The van der Waals surface area contributed by atoms with Crippen molar-refractivity contribution in [3.63, 3.8) is 0 Å². The third kappa shape index (κ3) is 3.93. The van der Waals surface area contributed by atoms with E-state index in [0.29, 0.717) is 50.8 Å². The van der Waals surface area contributed by atoms with E-state index in [2.05, 4.69) is 19.9 Å². The van der Waals surface area contributed by atoms with Gasteiger partial charge in [0.1, 0.15) is 10.7 Å². The summed E-state index contributed by atoms with van der Waals surface area (Å²) in [6.45, 7) is 7.34. The number of urea groups is 1. The van der Waals surface area contributed by atoms with Crippen LogP contribution < -0.4 is 10.6 Å². The number of carbonyl (C=O) groups excluding carboxylic acids is 1. The first-order chi connectivity index (χ1) is 11.9. The average Bonchev–Trinajstić information content (AvgIpc) is 2.56. The van der Waals surface area contributed by atoms with E-state index in [9.17, 15) is 13.2 Å². The normalized spacial score (nSPS) is 19.6. The van der Waals surface area contributed by atoms with E-state index in [1.165, 1.54) is 0 Å². The van der Waals surface area contributed by atoms with Gasteiger partial charge in [0.05, 0.1) is 12.2 Å². The highest BCUT2D eigenvalue weighted by Gasteiger charge is 2.27. The van der Waals surface area contributed by atoms with E-state index >= 15 is 0 Å². The number of fused-ring (bicyclic) bond motifs is 1. The van der Waals surface area contributed by atoms with E-state index in [-0.39, 0.29) is 10.9 Å². The fourth-order valence-electron chi connectivity index (χ4n) is 2.97. The number of rotatable bonds is 3. The minimum Gasteiger partial charge on any atom is -0.341 e. The lowest BCUT2D eigenvalue weighted by molar-refractivity contribution is 0.149. The van der Waals surface area contributed by atoms with Crippen molar-refractivity contribution in [1.29, 1.82) is 0 Å². The molecule has 2 aliphatic heterocycles. The van der Waals surface area contributed by atoms with E-state index in [0.717, 1.165) is 5.56 Å². The van der Waals surface area contributed by atoms with Crippen LogP contribution in [-0.2, 0) is 10.0 Å². The fourth-order valence-corrected chi connectivity index (χ4v) is 4.19. The van der Waals surface area contributed by atoms with E-state index in [1.807, 2.05) is 19.9 Å². The van der Waals surface area contributed by atoms with Gasteiger partial charge in [0.2, 0.25) is 0 Å². The Labute approximate surface area is 148 Å². The number of amides is 2. The Bertz CT molecular complexity index is 798. The molecule has 1 aromatic carbocycles. The Balaban J connectivity index is 1.65. The number of hydrogen-bond donors (Lipinski definition) is 2. The number of benzene rings is 1. The molecule has 0 spiro atoms. The highest BCUT2D eigenvalue weighted by atomic mass is 32.2. The Hall–Kier alpha value is -2.13. The number of piperazine rings is 1. The number of carbonyl (C=O) groups is 1. The minimum atomic E-state index is -3.67. The van der Waals surface area contributed by atoms with Crippen LogP contribution in [0.3, 0.4) is 0 Å².